The van der Waals surface area contributed by atoms with Crippen molar-refractivity contribution in [3.05, 3.63) is 0 Å². The van der Waals surface area contributed by atoms with Gasteiger partial charge in [0.1, 0.15) is 0 Å². The molecule has 0 aromatic carbocycles. The number of alkyl halides is 1. The van der Waals surface area contributed by atoms with Crippen LogP contribution in [0, 0.1) is 5.92 Å². The molecule has 0 radical (unpaired) electrons. The Kier molecular flexibility index (Phi) is 3.66. The molecule has 86 valence electrons. The molecular weight excluding hydrogens is 274 g/mol. The first kappa shape index (κ1) is 11.8. The predicted octanol–water partition coefficient (Wildman–Crippen LogP) is 2.56. The van der Waals surface area contributed by atoms with Crippen LogP contribution >= 0.6 is 27.7 Å². The Morgan fingerprint density at radius 2 is 2.40 bits per heavy atom. The Morgan fingerprint density at radius 3 is 2.93 bits per heavy atom. The summed E-state index contributed by atoms with van der Waals surface area (Å²) in [5.41, 5.74) is 0. The third-order valence-electron chi connectivity index (χ3n) is 3.29. The zero-order chi connectivity index (χ0) is 10.9. The number of hydrogen-bond acceptors (Lipinski definition) is 2. The van der Waals surface area contributed by atoms with Gasteiger partial charge >= 0.3 is 0 Å². The molecule has 2 rings (SSSR count). The monoisotopic (exact) mass is 291 g/mol. The van der Waals surface area contributed by atoms with Crippen molar-refractivity contribution in [3.63, 3.8) is 0 Å². The molecule has 0 spiro atoms. The van der Waals surface area contributed by atoms with Crippen molar-refractivity contribution < 1.29 is 4.79 Å². The smallest absolute Gasteiger partial charge is 0.235 e. The van der Waals surface area contributed by atoms with E-state index in [2.05, 4.69) is 28.2 Å². The van der Waals surface area contributed by atoms with Crippen molar-refractivity contribution in [3.8, 4) is 0 Å². The van der Waals surface area contributed by atoms with Crippen LogP contribution in [0.15, 0.2) is 0 Å². The van der Waals surface area contributed by atoms with Gasteiger partial charge in [-0.1, -0.05) is 15.9 Å². The third-order valence-corrected chi connectivity index (χ3v) is 5.88. The quantitative estimate of drug-likeness (QED) is 0.807. The summed E-state index contributed by atoms with van der Waals surface area (Å²) in [6.45, 7) is 2.86. The zero-order valence-electron chi connectivity index (χ0n) is 9.09. The van der Waals surface area contributed by atoms with Crippen LogP contribution in [0.5, 0.6) is 0 Å². The summed E-state index contributed by atoms with van der Waals surface area (Å²) >= 11 is 5.44. The van der Waals surface area contributed by atoms with Gasteiger partial charge in [0.05, 0.1) is 4.75 Å². The first-order valence-electron chi connectivity index (χ1n) is 5.68. The fourth-order valence-electron chi connectivity index (χ4n) is 1.96. The second kappa shape index (κ2) is 4.66. The van der Waals surface area contributed by atoms with Crippen molar-refractivity contribution in [2.75, 3.05) is 12.3 Å². The number of carbonyl (C=O) groups is 1. The lowest BCUT2D eigenvalue weighted by Gasteiger charge is -2.22. The van der Waals surface area contributed by atoms with Gasteiger partial charge in [-0.2, -0.15) is 0 Å². The van der Waals surface area contributed by atoms with Gasteiger partial charge in [0.2, 0.25) is 5.91 Å². The highest BCUT2D eigenvalue weighted by molar-refractivity contribution is 9.09. The van der Waals surface area contributed by atoms with Gasteiger partial charge < -0.3 is 5.32 Å². The van der Waals surface area contributed by atoms with Crippen LogP contribution in [-0.4, -0.2) is 27.8 Å². The van der Waals surface area contributed by atoms with E-state index in [9.17, 15) is 4.79 Å². The van der Waals surface area contributed by atoms with E-state index in [1.54, 1.807) is 11.8 Å². The lowest BCUT2D eigenvalue weighted by molar-refractivity contribution is -0.123. The van der Waals surface area contributed by atoms with Gasteiger partial charge in [-0.3, -0.25) is 4.79 Å². The molecule has 2 fully saturated rings. The average Bonchev–Trinajstić information content (AvgIpc) is 2.98. The summed E-state index contributed by atoms with van der Waals surface area (Å²) in [4.78, 5) is 12.4. The minimum Gasteiger partial charge on any atom is -0.354 e. The van der Waals surface area contributed by atoms with E-state index in [0.717, 1.165) is 24.6 Å². The Hall–Kier alpha value is 0.300. The molecule has 0 bridgehead atoms. The van der Waals surface area contributed by atoms with Crippen molar-refractivity contribution in [2.24, 2.45) is 5.92 Å². The third kappa shape index (κ3) is 2.90. The molecule has 1 saturated carbocycles. The predicted molar refractivity (Wildman–Crippen MR) is 68.5 cm³/mol. The largest absolute Gasteiger partial charge is 0.354 e. The van der Waals surface area contributed by atoms with Crippen LogP contribution in [0.4, 0.5) is 0 Å². The summed E-state index contributed by atoms with van der Waals surface area (Å²) in [6, 6.07) is 0. The van der Waals surface area contributed by atoms with Crippen LogP contribution in [0.25, 0.3) is 0 Å². The number of thioether (sulfide) groups is 1. The molecule has 1 amide bonds. The normalized spacial score (nSPS) is 32.7. The first-order valence-corrected chi connectivity index (χ1v) is 7.58. The van der Waals surface area contributed by atoms with Gasteiger partial charge in [-0.15, -0.1) is 11.8 Å². The highest BCUT2D eigenvalue weighted by Gasteiger charge is 2.38. The summed E-state index contributed by atoms with van der Waals surface area (Å²) in [6.07, 6.45) is 4.84. The summed E-state index contributed by atoms with van der Waals surface area (Å²) in [5.74, 6) is 2.16. The summed E-state index contributed by atoms with van der Waals surface area (Å²) in [7, 11) is 0. The number of nitrogens with one attached hydrogen (secondary N) is 1. The molecule has 4 heteroatoms. The van der Waals surface area contributed by atoms with Crippen molar-refractivity contribution in [1.29, 1.82) is 0 Å². The Bertz CT molecular complexity index is 249. The molecule has 2 aliphatic rings. The molecule has 2 unspecified atom stereocenters. The highest BCUT2D eigenvalue weighted by atomic mass is 79.9. The van der Waals surface area contributed by atoms with Crippen molar-refractivity contribution in [1.82, 2.24) is 5.32 Å². The van der Waals surface area contributed by atoms with Crippen LogP contribution in [0.1, 0.15) is 32.6 Å². The SMILES string of the molecule is CC1(C(=O)NCC(Br)C2CC2)CCCS1. The fraction of sp³-hybridized carbons (Fsp3) is 0.909. The fourth-order valence-corrected chi connectivity index (χ4v) is 3.88. The molecular formula is C11H18BrNOS. The van der Waals surface area contributed by atoms with E-state index < -0.39 is 0 Å². The lowest BCUT2D eigenvalue weighted by Crippen LogP contribution is -2.42. The van der Waals surface area contributed by atoms with E-state index in [1.807, 2.05) is 0 Å². The minimum atomic E-state index is -0.156. The maximum Gasteiger partial charge on any atom is 0.235 e. The molecule has 0 aromatic rings. The van der Waals surface area contributed by atoms with Crippen molar-refractivity contribution >= 4 is 33.6 Å². The van der Waals surface area contributed by atoms with Crippen LogP contribution in [-0.2, 0) is 4.79 Å². The molecule has 1 heterocycles. The van der Waals surface area contributed by atoms with Crippen LogP contribution in [0.3, 0.4) is 0 Å². The molecule has 2 nitrogen and oxygen atoms in total. The molecule has 15 heavy (non-hydrogen) atoms. The highest BCUT2D eigenvalue weighted by Crippen LogP contribution is 2.38. The number of halogens is 1. The van der Waals surface area contributed by atoms with E-state index in [0.29, 0.717) is 4.83 Å². The van der Waals surface area contributed by atoms with Gasteiger partial charge in [-0.25, -0.2) is 0 Å². The molecule has 1 saturated heterocycles. The summed E-state index contributed by atoms with van der Waals surface area (Å²) < 4.78 is -0.156. The molecule has 0 aromatic heterocycles. The van der Waals surface area contributed by atoms with Crippen molar-refractivity contribution in [2.45, 2.75) is 42.2 Å². The van der Waals surface area contributed by atoms with Crippen LogP contribution in [0.2, 0.25) is 0 Å². The van der Waals surface area contributed by atoms with E-state index in [-0.39, 0.29) is 10.7 Å². The minimum absolute atomic E-state index is 0.156. The number of hydrogen-bond donors (Lipinski definition) is 1. The van der Waals surface area contributed by atoms with Gasteiger partial charge in [-0.05, 0) is 44.3 Å². The molecule has 1 aliphatic carbocycles. The van der Waals surface area contributed by atoms with Gasteiger partial charge in [0, 0.05) is 11.4 Å². The standard InChI is InChI=1S/C11H18BrNOS/c1-11(5-2-6-15-11)10(14)13-7-9(12)8-3-4-8/h8-9H,2-7H2,1H3,(H,13,14). The Labute approximate surface area is 104 Å². The number of rotatable bonds is 4. The lowest BCUT2D eigenvalue weighted by atomic mass is 10.0. The molecule has 2 atom stereocenters. The second-order valence-electron chi connectivity index (χ2n) is 4.75. The van der Waals surface area contributed by atoms with Crippen LogP contribution < -0.4 is 5.32 Å². The zero-order valence-corrected chi connectivity index (χ0v) is 11.5. The van der Waals surface area contributed by atoms with Gasteiger partial charge in [0.15, 0.2) is 0 Å². The van der Waals surface area contributed by atoms with Gasteiger partial charge in [0.25, 0.3) is 0 Å². The first-order chi connectivity index (χ1) is 7.12. The topological polar surface area (TPSA) is 29.1 Å². The number of amides is 1. The molecule has 1 N–H and O–H groups in total. The Morgan fingerprint density at radius 1 is 1.67 bits per heavy atom. The molecule has 1 aliphatic heterocycles. The second-order valence-corrected chi connectivity index (χ2v) is 7.52. The van der Waals surface area contributed by atoms with E-state index >= 15 is 0 Å². The number of carbonyl (C=O) groups excluding carboxylic acids is 1. The van der Waals surface area contributed by atoms with E-state index in [1.165, 1.54) is 19.3 Å². The van der Waals surface area contributed by atoms with E-state index in [4.69, 9.17) is 0 Å². The maximum atomic E-state index is 12.0. The maximum absolute atomic E-state index is 12.0. The Balaban J connectivity index is 1.75. The summed E-state index contributed by atoms with van der Waals surface area (Å²) in [5, 5.41) is 3.08. The average molecular weight is 292 g/mol.